The van der Waals surface area contributed by atoms with Gasteiger partial charge in [-0.2, -0.15) is 0 Å². The smallest absolute Gasteiger partial charge is 0.245 e. The Kier molecular flexibility index (Phi) is 11.3. The Labute approximate surface area is 170 Å². The summed E-state index contributed by atoms with van der Waals surface area (Å²) in [6.45, 7) is 11.5. The summed E-state index contributed by atoms with van der Waals surface area (Å²) in [4.78, 5) is 42.6. The third-order valence-corrected chi connectivity index (χ3v) is 5.06. The molecular formula is C20H40N4O4. The number of nitrogens with zero attached hydrogens (tertiary/aromatic N) is 3. The van der Waals surface area contributed by atoms with E-state index in [1.165, 1.54) is 16.8 Å². The number of rotatable bonds is 13. The van der Waals surface area contributed by atoms with E-state index in [0.717, 1.165) is 13.1 Å². The number of nitrogens with two attached hydrogens (primary N) is 1. The molecule has 0 saturated carbocycles. The zero-order valence-corrected chi connectivity index (χ0v) is 18.7. The maximum absolute atomic E-state index is 13.2. The summed E-state index contributed by atoms with van der Waals surface area (Å²) in [5.74, 6) is -1.12. The van der Waals surface area contributed by atoms with E-state index in [1.807, 2.05) is 20.8 Å². The van der Waals surface area contributed by atoms with Crippen molar-refractivity contribution in [3.05, 3.63) is 0 Å². The molecule has 0 unspecified atom stereocenters. The fraction of sp³-hybridized carbons (Fsp3) is 0.850. The van der Waals surface area contributed by atoms with E-state index >= 15 is 0 Å². The lowest BCUT2D eigenvalue weighted by Gasteiger charge is -2.36. The number of amides is 3. The average molecular weight is 401 g/mol. The predicted octanol–water partition coefficient (Wildman–Crippen LogP) is 0.819. The second-order valence-electron chi connectivity index (χ2n) is 7.97. The summed E-state index contributed by atoms with van der Waals surface area (Å²) in [7, 11) is 3.14. The van der Waals surface area contributed by atoms with Crippen LogP contribution in [0.3, 0.4) is 0 Å². The van der Waals surface area contributed by atoms with Gasteiger partial charge in [-0.25, -0.2) is 0 Å². The third kappa shape index (κ3) is 8.56. The van der Waals surface area contributed by atoms with Crippen molar-refractivity contribution in [1.29, 1.82) is 0 Å². The van der Waals surface area contributed by atoms with Crippen molar-refractivity contribution in [2.45, 2.75) is 78.0 Å². The number of carbonyl (C=O) groups is 3. The van der Waals surface area contributed by atoms with Crippen LogP contribution in [-0.4, -0.2) is 88.9 Å². The topological polar surface area (TPSA) is 107 Å². The van der Waals surface area contributed by atoms with Crippen molar-refractivity contribution in [3.63, 3.8) is 0 Å². The van der Waals surface area contributed by atoms with Gasteiger partial charge in [-0.1, -0.05) is 20.8 Å². The molecule has 0 aliphatic heterocycles. The quantitative estimate of drug-likeness (QED) is 0.476. The predicted molar refractivity (Wildman–Crippen MR) is 111 cm³/mol. The number of hydrogen-bond acceptors (Lipinski definition) is 5. The van der Waals surface area contributed by atoms with Crippen LogP contribution >= 0.6 is 0 Å². The van der Waals surface area contributed by atoms with E-state index in [1.54, 1.807) is 20.9 Å². The normalized spacial score (nSPS) is 13.9. The lowest BCUT2D eigenvalue weighted by molar-refractivity contribution is -0.148. The highest BCUT2D eigenvalue weighted by Crippen LogP contribution is 2.18. The van der Waals surface area contributed by atoms with Crippen LogP contribution in [0.5, 0.6) is 0 Å². The molecule has 0 fully saturated rings. The molecule has 0 aromatic carbocycles. The van der Waals surface area contributed by atoms with Crippen molar-refractivity contribution in [1.82, 2.24) is 14.7 Å². The molecule has 2 atom stereocenters. The molecule has 8 nitrogen and oxygen atoms in total. The molecule has 0 aromatic heterocycles. The van der Waals surface area contributed by atoms with Crippen LogP contribution in [0.1, 0.15) is 60.3 Å². The van der Waals surface area contributed by atoms with Crippen LogP contribution < -0.4 is 5.73 Å². The van der Waals surface area contributed by atoms with Crippen LogP contribution in [0.25, 0.3) is 0 Å². The molecule has 28 heavy (non-hydrogen) atoms. The number of carbonyl (C=O) groups excluding carboxylic acids is 3. The minimum Gasteiger partial charge on any atom is -0.390 e. The van der Waals surface area contributed by atoms with Gasteiger partial charge in [0.15, 0.2) is 0 Å². The molecule has 0 heterocycles. The summed E-state index contributed by atoms with van der Waals surface area (Å²) in [6.07, 6.45) is 1.54. The van der Waals surface area contributed by atoms with Crippen LogP contribution in [0.15, 0.2) is 0 Å². The van der Waals surface area contributed by atoms with Crippen LogP contribution in [0.2, 0.25) is 0 Å². The van der Waals surface area contributed by atoms with Gasteiger partial charge in [-0.15, -0.1) is 0 Å². The molecular weight excluding hydrogens is 360 g/mol. The first-order valence-corrected chi connectivity index (χ1v) is 10.2. The van der Waals surface area contributed by atoms with Crippen LogP contribution in [0.4, 0.5) is 0 Å². The Hall–Kier alpha value is -1.67. The van der Waals surface area contributed by atoms with E-state index in [2.05, 4.69) is 4.90 Å². The maximum atomic E-state index is 13.2. The first kappa shape index (κ1) is 26.3. The van der Waals surface area contributed by atoms with Crippen molar-refractivity contribution < 1.29 is 19.5 Å². The van der Waals surface area contributed by atoms with Gasteiger partial charge in [0, 0.05) is 33.5 Å². The van der Waals surface area contributed by atoms with E-state index in [0.29, 0.717) is 25.8 Å². The number of primary amides is 1. The second-order valence-corrected chi connectivity index (χ2v) is 7.97. The summed E-state index contributed by atoms with van der Waals surface area (Å²) in [6, 6.07) is -1.63. The molecule has 0 aliphatic carbocycles. The molecule has 0 bridgehead atoms. The molecule has 0 rings (SSSR count). The van der Waals surface area contributed by atoms with Crippen molar-refractivity contribution >= 4 is 17.7 Å². The van der Waals surface area contributed by atoms with E-state index in [4.69, 9.17) is 5.73 Å². The Morgan fingerprint density at radius 1 is 1.00 bits per heavy atom. The Morgan fingerprint density at radius 3 is 1.93 bits per heavy atom. The second kappa shape index (κ2) is 12.0. The summed E-state index contributed by atoms with van der Waals surface area (Å²) in [5.41, 5.74) is 4.34. The summed E-state index contributed by atoms with van der Waals surface area (Å²) < 4.78 is 0. The molecule has 0 radical (unpaired) electrons. The Morgan fingerprint density at radius 2 is 1.54 bits per heavy atom. The highest BCUT2D eigenvalue weighted by molar-refractivity contribution is 5.91. The highest BCUT2D eigenvalue weighted by atomic mass is 16.3. The standard InChI is InChI=1S/C20H40N4O4/c1-8-11-17(25)22(6)15(12-13-24(9-2)10-3)19(27)23(7)16(18(21)26)14-20(4,5)28/h15-16,28H,8-14H2,1-7H3,(H2,21,26)/t15-,16-/m0/s1. The van der Waals surface area contributed by atoms with Gasteiger partial charge >= 0.3 is 0 Å². The highest BCUT2D eigenvalue weighted by Gasteiger charge is 2.36. The van der Waals surface area contributed by atoms with Gasteiger partial charge < -0.3 is 25.5 Å². The molecule has 3 amide bonds. The monoisotopic (exact) mass is 400 g/mol. The molecule has 0 aromatic rings. The number of likely N-dealkylation sites (N-methyl/N-ethyl adjacent to an activating group) is 2. The van der Waals surface area contributed by atoms with Gasteiger partial charge in [0.1, 0.15) is 12.1 Å². The first-order chi connectivity index (χ1) is 12.9. The SMILES string of the molecule is CCCC(=O)N(C)[C@@H](CCN(CC)CC)C(=O)N(C)[C@@H](CC(C)(C)O)C(N)=O. The molecule has 0 aliphatic rings. The zero-order chi connectivity index (χ0) is 22.1. The number of aliphatic hydroxyl groups is 1. The van der Waals surface area contributed by atoms with Crippen molar-refractivity contribution in [2.75, 3.05) is 33.7 Å². The first-order valence-electron chi connectivity index (χ1n) is 10.2. The maximum Gasteiger partial charge on any atom is 0.245 e. The Bertz CT molecular complexity index is 515. The van der Waals surface area contributed by atoms with Crippen molar-refractivity contribution in [2.24, 2.45) is 5.73 Å². The third-order valence-electron chi connectivity index (χ3n) is 5.06. The summed E-state index contributed by atoms with van der Waals surface area (Å²) in [5, 5.41) is 10.1. The fourth-order valence-corrected chi connectivity index (χ4v) is 3.18. The van der Waals surface area contributed by atoms with Gasteiger partial charge in [0.25, 0.3) is 0 Å². The van der Waals surface area contributed by atoms with E-state index in [-0.39, 0.29) is 18.2 Å². The van der Waals surface area contributed by atoms with Gasteiger partial charge in [0.05, 0.1) is 5.60 Å². The average Bonchev–Trinajstić information content (AvgIpc) is 2.61. The van der Waals surface area contributed by atoms with Gasteiger partial charge in [0.2, 0.25) is 17.7 Å². The lowest BCUT2D eigenvalue weighted by atomic mass is 9.97. The fourth-order valence-electron chi connectivity index (χ4n) is 3.18. The molecule has 8 heteroatoms. The Balaban J connectivity index is 5.60. The van der Waals surface area contributed by atoms with Crippen molar-refractivity contribution in [3.8, 4) is 0 Å². The molecule has 3 N–H and O–H groups in total. The van der Waals surface area contributed by atoms with E-state index in [9.17, 15) is 19.5 Å². The van der Waals surface area contributed by atoms with Crippen LogP contribution in [-0.2, 0) is 14.4 Å². The van der Waals surface area contributed by atoms with Gasteiger partial charge in [-0.05, 0) is 39.8 Å². The molecule has 164 valence electrons. The summed E-state index contributed by atoms with van der Waals surface area (Å²) >= 11 is 0. The van der Waals surface area contributed by atoms with Gasteiger partial charge in [-0.3, -0.25) is 14.4 Å². The minimum absolute atomic E-state index is 0.0277. The zero-order valence-electron chi connectivity index (χ0n) is 18.7. The molecule has 0 spiro atoms. The van der Waals surface area contributed by atoms with E-state index < -0.39 is 23.6 Å². The lowest BCUT2D eigenvalue weighted by Crippen LogP contribution is -2.56. The number of hydrogen-bond donors (Lipinski definition) is 2. The van der Waals surface area contributed by atoms with Crippen LogP contribution in [0, 0.1) is 0 Å². The minimum atomic E-state index is -1.16. The molecule has 0 saturated heterocycles. The largest absolute Gasteiger partial charge is 0.390 e.